The number of imidazole rings is 1. The molecule has 0 saturated carbocycles. The molecular weight excluding hydrogens is 358 g/mol. The second-order valence-electron chi connectivity index (χ2n) is 6.06. The predicted molar refractivity (Wildman–Crippen MR) is 103 cm³/mol. The molecule has 0 radical (unpaired) electrons. The molecule has 0 fully saturated rings. The van der Waals surface area contributed by atoms with E-state index in [1.54, 1.807) is 6.07 Å². The Labute approximate surface area is 160 Å². The molecule has 28 heavy (non-hydrogen) atoms. The number of hydrogen-bond donors (Lipinski definition) is 0. The van der Waals surface area contributed by atoms with E-state index in [0.717, 1.165) is 0 Å². The predicted octanol–water partition coefficient (Wildman–Crippen LogP) is 4.21. The molecule has 0 aliphatic heterocycles. The van der Waals surface area contributed by atoms with Crippen molar-refractivity contribution in [3.8, 4) is 5.75 Å². The van der Waals surface area contributed by atoms with E-state index in [0.29, 0.717) is 28.2 Å². The number of nitro groups is 1. The van der Waals surface area contributed by atoms with Crippen LogP contribution in [0.5, 0.6) is 5.75 Å². The minimum absolute atomic E-state index is 0.0697. The van der Waals surface area contributed by atoms with Crippen molar-refractivity contribution < 1.29 is 14.5 Å². The molecule has 138 valence electrons. The topological polar surface area (TPSA) is 87.3 Å². The Hall–Kier alpha value is -4.00. The number of ether oxygens (including phenoxy) is 1. The number of carbonyl (C=O) groups is 1. The zero-order chi connectivity index (χ0) is 19.5. The molecule has 0 bridgehead atoms. The quantitative estimate of drug-likeness (QED) is 0.386. The van der Waals surface area contributed by atoms with E-state index in [1.165, 1.54) is 28.8 Å². The van der Waals surface area contributed by atoms with Gasteiger partial charge >= 0.3 is 0 Å². The molecule has 0 aliphatic carbocycles. The van der Waals surface area contributed by atoms with Gasteiger partial charge in [0.2, 0.25) is 0 Å². The zero-order valence-corrected chi connectivity index (χ0v) is 14.7. The molecule has 0 saturated heterocycles. The lowest BCUT2D eigenvalue weighted by Crippen LogP contribution is -2.16. The van der Waals surface area contributed by atoms with Crippen LogP contribution in [0.1, 0.15) is 16.2 Å². The van der Waals surface area contributed by atoms with Gasteiger partial charge in [0.05, 0.1) is 16.0 Å². The molecule has 1 heterocycles. The average molecular weight is 373 g/mol. The summed E-state index contributed by atoms with van der Waals surface area (Å²) in [7, 11) is 0. The number of nitrogens with zero attached hydrogens (tertiary/aromatic N) is 3. The smallest absolute Gasteiger partial charge is 0.269 e. The van der Waals surface area contributed by atoms with Gasteiger partial charge in [0.1, 0.15) is 12.4 Å². The number of carbonyl (C=O) groups excluding carboxylic acids is 1. The summed E-state index contributed by atoms with van der Waals surface area (Å²) < 4.78 is 7.26. The summed E-state index contributed by atoms with van der Waals surface area (Å²) in [6.07, 6.45) is 0. The van der Waals surface area contributed by atoms with Gasteiger partial charge in [-0.1, -0.05) is 30.3 Å². The van der Waals surface area contributed by atoms with Crippen LogP contribution in [-0.2, 0) is 6.61 Å². The van der Waals surface area contributed by atoms with Gasteiger partial charge in [-0.2, -0.15) is 0 Å². The summed E-state index contributed by atoms with van der Waals surface area (Å²) in [6.45, 7) is 0.109. The van der Waals surface area contributed by atoms with Crippen molar-refractivity contribution in [1.82, 2.24) is 9.55 Å². The number of fused-ring (bicyclic) bond motifs is 1. The highest BCUT2D eigenvalue weighted by Gasteiger charge is 2.19. The average Bonchev–Trinajstić information content (AvgIpc) is 3.11. The first-order valence-electron chi connectivity index (χ1n) is 8.57. The van der Waals surface area contributed by atoms with Crippen LogP contribution < -0.4 is 4.74 Å². The van der Waals surface area contributed by atoms with Crippen molar-refractivity contribution in [2.24, 2.45) is 0 Å². The molecule has 4 aromatic rings. The van der Waals surface area contributed by atoms with Crippen molar-refractivity contribution in [1.29, 1.82) is 0 Å². The monoisotopic (exact) mass is 373 g/mol. The first-order valence-corrected chi connectivity index (χ1v) is 8.57. The molecular formula is C21H15N3O4. The molecule has 0 atom stereocenters. The maximum Gasteiger partial charge on any atom is 0.269 e. The van der Waals surface area contributed by atoms with E-state index in [2.05, 4.69) is 4.98 Å². The lowest BCUT2D eigenvalue weighted by atomic mass is 10.2. The number of rotatable bonds is 5. The van der Waals surface area contributed by atoms with Gasteiger partial charge in [0, 0.05) is 17.7 Å². The molecule has 7 nitrogen and oxygen atoms in total. The third-order valence-electron chi connectivity index (χ3n) is 4.27. The van der Waals surface area contributed by atoms with Crippen molar-refractivity contribution in [2.75, 3.05) is 0 Å². The van der Waals surface area contributed by atoms with E-state index < -0.39 is 4.92 Å². The van der Waals surface area contributed by atoms with Gasteiger partial charge in [-0.15, -0.1) is 0 Å². The standard InChI is InChI=1S/C21H15N3O4/c25-21(15-10-12-16(13-11-15)24(26)27)23-19-9-5-4-8-18(19)22-20(23)14-28-17-6-2-1-3-7-17/h1-13H,14H2. The molecule has 0 aliphatic rings. The van der Waals surface area contributed by atoms with Crippen molar-refractivity contribution >= 4 is 22.6 Å². The third-order valence-corrected chi connectivity index (χ3v) is 4.27. The summed E-state index contributed by atoms with van der Waals surface area (Å²) in [4.78, 5) is 28.0. The highest BCUT2D eigenvalue weighted by Crippen LogP contribution is 2.21. The van der Waals surface area contributed by atoms with E-state index in [-0.39, 0.29) is 18.2 Å². The SMILES string of the molecule is O=C(c1ccc([N+](=O)[O-])cc1)n1c(COc2ccccc2)nc2ccccc21. The Bertz CT molecular complexity index is 1150. The molecule has 1 aromatic heterocycles. The van der Waals surface area contributed by atoms with Crippen LogP contribution in [-0.4, -0.2) is 20.4 Å². The first kappa shape index (κ1) is 17.4. The number of hydrogen-bond acceptors (Lipinski definition) is 5. The maximum absolute atomic E-state index is 13.1. The van der Waals surface area contributed by atoms with Crippen LogP contribution in [0, 0.1) is 10.1 Å². The van der Waals surface area contributed by atoms with Crippen LogP contribution in [0.3, 0.4) is 0 Å². The Morgan fingerprint density at radius 2 is 1.64 bits per heavy atom. The van der Waals surface area contributed by atoms with Gasteiger partial charge in [-0.25, -0.2) is 4.98 Å². The maximum atomic E-state index is 13.1. The van der Waals surface area contributed by atoms with Crippen LogP contribution in [0.25, 0.3) is 11.0 Å². The number of non-ortho nitro benzene ring substituents is 1. The normalized spacial score (nSPS) is 10.7. The van der Waals surface area contributed by atoms with Gasteiger partial charge in [0.15, 0.2) is 5.82 Å². The molecule has 0 unspecified atom stereocenters. The highest BCUT2D eigenvalue weighted by atomic mass is 16.6. The Kier molecular flexibility index (Phi) is 4.55. The highest BCUT2D eigenvalue weighted by molar-refractivity contribution is 6.01. The van der Waals surface area contributed by atoms with Gasteiger partial charge in [-0.05, 0) is 36.4 Å². The molecule has 0 spiro atoms. The van der Waals surface area contributed by atoms with E-state index in [1.807, 2.05) is 48.5 Å². The number of nitro benzene ring substituents is 1. The number of para-hydroxylation sites is 3. The summed E-state index contributed by atoms with van der Waals surface area (Å²) in [5.41, 5.74) is 1.58. The second-order valence-corrected chi connectivity index (χ2v) is 6.06. The first-order chi connectivity index (χ1) is 13.6. The van der Waals surface area contributed by atoms with Gasteiger partial charge in [-0.3, -0.25) is 19.5 Å². The third kappa shape index (κ3) is 3.33. The molecule has 0 N–H and O–H groups in total. The Morgan fingerprint density at radius 1 is 0.964 bits per heavy atom. The van der Waals surface area contributed by atoms with Crippen LogP contribution in [0.2, 0.25) is 0 Å². The molecule has 3 aromatic carbocycles. The van der Waals surface area contributed by atoms with Gasteiger partial charge < -0.3 is 4.74 Å². The van der Waals surface area contributed by atoms with Gasteiger partial charge in [0.25, 0.3) is 11.6 Å². The number of aromatic nitrogens is 2. The number of benzene rings is 3. The Balaban J connectivity index is 1.71. The Morgan fingerprint density at radius 3 is 2.36 bits per heavy atom. The second kappa shape index (κ2) is 7.32. The van der Waals surface area contributed by atoms with Crippen molar-refractivity contribution in [3.05, 3.63) is 100 Å². The minimum Gasteiger partial charge on any atom is -0.486 e. The zero-order valence-electron chi connectivity index (χ0n) is 14.7. The van der Waals surface area contributed by atoms with Crippen LogP contribution >= 0.6 is 0 Å². The molecule has 0 amide bonds. The van der Waals surface area contributed by atoms with E-state index in [4.69, 9.17) is 4.74 Å². The van der Waals surface area contributed by atoms with Crippen LogP contribution in [0.4, 0.5) is 5.69 Å². The largest absolute Gasteiger partial charge is 0.486 e. The summed E-state index contributed by atoms with van der Waals surface area (Å²) in [5, 5.41) is 10.8. The van der Waals surface area contributed by atoms with Crippen molar-refractivity contribution in [3.63, 3.8) is 0 Å². The fraction of sp³-hybridized carbons (Fsp3) is 0.0476. The summed E-state index contributed by atoms with van der Waals surface area (Å²) in [5.74, 6) is 0.799. The molecule has 7 heteroatoms. The lowest BCUT2D eigenvalue weighted by Gasteiger charge is -2.09. The van der Waals surface area contributed by atoms with E-state index >= 15 is 0 Å². The summed E-state index contributed by atoms with van der Waals surface area (Å²) >= 11 is 0. The fourth-order valence-electron chi connectivity index (χ4n) is 2.92. The minimum atomic E-state index is -0.500. The molecule has 4 rings (SSSR count). The summed E-state index contributed by atoms with van der Waals surface area (Å²) in [6, 6.07) is 22.1. The fourth-order valence-corrected chi connectivity index (χ4v) is 2.92. The van der Waals surface area contributed by atoms with Crippen LogP contribution in [0.15, 0.2) is 78.9 Å². The lowest BCUT2D eigenvalue weighted by molar-refractivity contribution is -0.384. The van der Waals surface area contributed by atoms with Crippen molar-refractivity contribution in [2.45, 2.75) is 6.61 Å². The van der Waals surface area contributed by atoms with E-state index in [9.17, 15) is 14.9 Å².